The molecule has 0 aliphatic carbocycles. The van der Waals surface area contributed by atoms with Crippen molar-refractivity contribution < 1.29 is 14.3 Å². The summed E-state index contributed by atoms with van der Waals surface area (Å²) in [6.45, 7) is 12.2. The predicted octanol–water partition coefficient (Wildman–Crippen LogP) is 1.85. The van der Waals surface area contributed by atoms with Crippen LogP contribution in [-0.2, 0) is 14.3 Å². The molecule has 17 heavy (non-hydrogen) atoms. The molecule has 0 aliphatic heterocycles. The molecule has 4 heteroatoms. The number of methoxy groups -OCH3 is 1. The van der Waals surface area contributed by atoms with Crippen LogP contribution in [0.25, 0.3) is 0 Å². The van der Waals surface area contributed by atoms with E-state index in [4.69, 9.17) is 9.47 Å². The lowest BCUT2D eigenvalue weighted by molar-refractivity contribution is -0.138. The predicted molar refractivity (Wildman–Crippen MR) is 69.0 cm³/mol. The highest BCUT2D eigenvalue weighted by Gasteiger charge is 2.16. The minimum atomic E-state index is -0.307. The highest BCUT2D eigenvalue weighted by atomic mass is 16.5. The molecule has 0 saturated heterocycles. The van der Waals surface area contributed by atoms with E-state index in [1.165, 1.54) is 0 Å². The molecule has 0 spiro atoms. The highest BCUT2D eigenvalue weighted by molar-refractivity contribution is 5.88. The number of esters is 1. The molecule has 0 radical (unpaired) electrons. The monoisotopic (exact) mass is 243 g/mol. The Morgan fingerprint density at radius 3 is 2.53 bits per heavy atom. The van der Waals surface area contributed by atoms with E-state index in [-0.39, 0.29) is 5.97 Å². The molecule has 0 aromatic heterocycles. The van der Waals surface area contributed by atoms with Gasteiger partial charge in [0.05, 0.1) is 13.2 Å². The van der Waals surface area contributed by atoms with Crippen LogP contribution in [-0.4, -0.2) is 50.3 Å². The Labute approximate surface area is 105 Å². The number of rotatable bonds is 9. The Morgan fingerprint density at radius 2 is 2.06 bits per heavy atom. The molecule has 0 saturated carbocycles. The van der Waals surface area contributed by atoms with Gasteiger partial charge in [0.15, 0.2) is 0 Å². The number of nitrogens with zero attached hydrogens (tertiary/aromatic N) is 1. The van der Waals surface area contributed by atoms with Crippen molar-refractivity contribution in [1.82, 2.24) is 4.90 Å². The van der Waals surface area contributed by atoms with Gasteiger partial charge in [-0.2, -0.15) is 0 Å². The summed E-state index contributed by atoms with van der Waals surface area (Å²) in [7, 11) is 1.68. The van der Waals surface area contributed by atoms with Crippen LogP contribution in [0.2, 0.25) is 0 Å². The molecule has 0 rings (SSSR count). The third kappa shape index (κ3) is 6.44. The van der Waals surface area contributed by atoms with Crippen molar-refractivity contribution in [2.75, 3.05) is 33.4 Å². The van der Waals surface area contributed by atoms with Gasteiger partial charge >= 0.3 is 5.97 Å². The van der Waals surface area contributed by atoms with Crippen molar-refractivity contribution in [3.05, 3.63) is 12.2 Å². The lowest BCUT2D eigenvalue weighted by atomic mass is 10.2. The van der Waals surface area contributed by atoms with Crippen LogP contribution in [0.4, 0.5) is 0 Å². The summed E-state index contributed by atoms with van der Waals surface area (Å²) in [6.07, 6.45) is 1.03. The van der Waals surface area contributed by atoms with Gasteiger partial charge in [-0.1, -0.05) is 13.5 Å². The lowest BCUT2D eigenvalue weighted by Gasteiger charge is -2.28. The molecule has 0 aliphatic rings. The highest BCUT2D eigenvalue weighted by Crippen LogP contribution is 2.07. The fourth-order valence-electron chi connectivity index (χ4n) is 1.46. The lowest BCUT2D eigenvalue weighted by Crippen LogP contribution is -2.38. The molecule has 0 amide bonds. The van der Waals surface area contributed by atoms with E-state index < -0.39 is 0 Å². The summed E-state index contributed by atoms with van der Waals surface area (Å²) in [5, 5.41) is 0. The molecule has 0 fully saturated rings. The smallest absolute Gasteiger partial charge is 0.334 e. The van der Waals surface area contributed by atoms with E-state index in [1.807, 2.05) is 0 Å². The molecule has 0 aromatic carbocycles. The van der Waals surface area contributed by atoms with Crippen LogP contribution in [0.5, 0.6) is 0 Å². The average molecular weight is 243 g/mol. The van der Waals surface area contributed by atoms with Gasteiger partial charge in [-0.3, -0.25) is 4.90 Å². The van der Waals surface area contributed by atoms with Crippen LogP contribution in [0.3, 0.4) is 0 Å². The second-order valence-electron chi connectivity index (χ2n) is 4.04. The zero-order valence-electron chi connectivity index (χ0n) is 11.5. The molecule has 0 heterocycles. The van der Waals surface area contributed by atoms with Gasteiger partial charge in [0.2, 0.25) is 0 Å². The maximum Gasteiger partial charge on any atom is 0.334 e. The van der Waals surface area contributed by atoms with Crippen LogP contribution < -0.4 is 0 Å². The van der Waals surface area contributed by atoms with E-state index in [1.54, 1.807) is 14.0 Å². The van der Waals surface area contributed by atoms with E-state index in [0.717, 1.165) is 13.0 Å². The number of carbonyl (C=O) groups excluding carboxylic acids is 1. The van der Waals surface area contributed by atoms with E-state index in [2.05, 4.69) is 25.3 Å². The van der Waals surface area contributed by atoms with Gasteiger partial charge in [-0.25, -0.2) is 4.79 Å². The van der Waals surface area contributed by atoms with Gasteiger partial charge in [0, 0.05) is 31.8 Å². The Hall–Kier alpha value is -0.870. The number of hydrogen-bond donors (Lipinski definition) is 0. The Balaban J connectivity index is 4.31. The topological polar surface area (TPSA) is 38.8 Å². The van der Waals surface area contributed by atoms with Gasteiger partial charge in [0.25, 0.3) is 0 Å². The van der Waals surface area contributed by atoms with Gasteiger partial charge in [-0.15, -0.1) is 0 Å². The van der Waals surface area contributed by atoms with E-state index in [9.17, 15) is 4.79 Å². The Kier molecular flexibility index (Phi) is 8.72. The van der Waals surface area contributed by atoms with Gasteiger partial charge in [0.1, 0.15) is 0 Å². The van der Waals surface area contributed by atoms with Crippen molar-refractivity contribution in [2.45, 2.75) is 33.2 Å². The first-order valence-electron chi connectivity index (χ1n) is 6.14. The van der Waals surface area contributed by atoms with Crippen molar-refractivity contribution >= 4 is 5.97 Å². The molecule has 1 unspecified atom stereocenters. The normalized spacial score (nSPS) is 12.5. The van der Waals surface area contributed by atoms with Crippen LogP contribution >= 0.6 is 0 Å². The molecule has 1 atom stereocenters. The second-order valence-corrected chi connectivity index (χ2v) is 4.04. The zero-order chi connectivity index (χ0) is 13.3. The van der Waals surface area contributed by atoms with Crippen LogP contribution in [0, 0.1) is 0 Å². The van der Waals surface area contributed by atoms with Crippen molar-refractivity contribution in [2.24, 2.45) is 0 Å². The van der Waals surface area contributed by atoms with Crippen molar-refractivity contribution in [1.29, 1.82) is 0 Å². The minimum absolute atomic E-state index is 0.307. The number of carbonyl (C=O) groups is 1. The largest absolute Gasteiger partial charge is 0.463 e. The summed E-state index contributed by atoms with van der Waals surface area (Å²) >= 11 is 0. The molecular weight excluding hydrogens is 218 g/mol. The fraction of sp³-hybridized carbons (Fsp3) is 0.769. The first-order valence-corrected chi connectivity index (χ1v) is 6.14. The summed E-state index contributed by atoms with van der Waals surface area (Å²) in [4.78, 5) is 13.7. The first kappa shape index (κ1) is 16.1. The molecule has 0 N–H and O–H groups in total. The minimum Gasteiger partial charge on any atom is -0.463 e. The maximum atomic E-state index is 11.5. The van der Waals surface area contributed by atoms with Crippen molar-refractivity contribution in [3.8, 4) is 0 Å². The maximum absolute atomic E-state index is 11.5. The molecule has 0 bridgehead atoms. The average Bonchev–Trinajstić information content (AvgIpc) is 2.33. The SMILES string of the molecule is C=C(CN(CCOC)C(C)CC)C(=O)OCC. The Morgan fingerprint density at radius 1 is 1.41 bits per heavy atom. The summed E-state index contributed by atoms with van der Waals surface area (Å²) in [6, 6.07) is 0.399. The van der Waals surface area contributed by atoms with Crippen LogP contribution in [0.1, 0.15) is 27.2 Å². The summed E-state index contributed by atoms with van der Waals surface area (Å²) in [5.74, 6) is -0.307. The third-order valence-corrected chi connectivity index (χ3v) is 2.75. The number of ether oxygens (including phenoxy) is 2. The quantitative estimate of drug-likeness (QED) is 0.457. The fourth-order valence-corrected chi connectivity index (χ4v) is 1.46. The zero-order valence-corrected chi connectivity index (χ0v) is 11.5. The summed E-state index contributed by atoms with van der Waals surface area (Å²) < 4.78 is 10.00. The standard InChI is InChI=1S/C13H25NO3/c1-6-12(4)14(8-9-16-5)10-11(3)13(15)17-7-2/h12H,3,6-10H2,1-2,4-5H3. The molecule has 4 nitrogen and oxygen atoms in total. The number of hydrogen-bond acceptors (Lipinski definition) is 4. The molecule has 0 aromatic rings. The van der Waals surface area contributed by atoms with Crippen molar-refractivity contribution in [3.63, 3.8) is 0 Å². The van der Waals surface area contributed by atoms with E-state index in [0.29, 0.717) is 31.4 Å². The summed E-state index contributed by atoms with van der Waals surface area (Å²) in [5.41, 5.74) is 0.503. The third-order valence-electron chi connectivity index (χ3n) is 2.75. The van der Waals surface area contributed by atoms with Gasteiger partial charge in [-0.05, 0) is 20.3 Å². The molecule has 100 valence electrons. The van der Waals surface area contributed by atoms with Crippen LogP contribution in [0.15, 0.2) is 12.2 Å². The Bertz CT molecular complexity index is 241. The second kappa shape index (κ2) is 9.19. The molecular formula is C13H25NO3. The first-order chi connectivity index (χ1) is 8.06. The van der Waals surface area contributed by atoms with E-state index >= 15 is 0 Å². The van der Waals surface area contributed by atoms with Gasteiger partial charge < -0.3 is 9.47 Å².